The van der Waals surface area contributed by atoms with Crippen molar-refractivity contribution < 1.29 is 14.3 Å². The molecule has 2 amide bonds. The van der Waals surface area contributed by atoms with Gasteiger partial charge in [-0.25, -0.2) is 0 Å². The number of carbonyl (C=O) groups excluding carboxylic acids is 2. The molecular weight excluding hydrogens is 426 g/mol. The number of nitrogens with zero attached hydrogens (tertiary/aromatic N) is 1. The van der Waals surface area contributed by atoms with E-state index in [-0.39, 0.29) is 23.8 Å². The van der Waals surface area contributed by atoms with Gasteiger partial charge in [-0.15, -0.1) is 0 Å². The van der Waals surface area contributed by atoms with Crippen LogP contribution < -0.4 is 10.6 Å². The van der Waals surface area contributed by atoms with Gasteiger partial charge in [0.1, 0.15) is 6.04 Å². The Morgan fingerprint density at radius 3 is 2.06 bits per heavy atom. The fourth-order valence-corrected chi connectivity index (χ4v) is 4.40. The maximum absolute atomic E-state index is 13.8. The Morgan fingerprint density at radius 2 is 1.62 bits per heavy atom. The lowest BCUT2D eigenvalue weighted by molar-refractivity contribution is -0.140. The molecule has 0 aromatic heterocycles. The molecule has 0 fully saturated rings. The highest BCUT2D eigenvalue weighted by molar-refractivity contribution is 5.91. The first kappa shape index (κ1) is 29.9. The Balaban J connectivity index is 3.25. The number of benzene rings is 1. The second-order valence-electron chi connectivity index (χ2n) is 11.2. The number of likely N-dealkylation sites (N-methyl/N-ethyl adjacent to an activating group) is 2. The summed E-state index contributed by atoms with van der Waals surface area (Å²) in [5.41, 5.74) is 1.18. The predicted molar refractivity (Wildman–Crippen MR) is 141 cm³/mol. The number of amides is 2. The van der Waals surface area contributed by atoms with Gasteiger partial charge in [-0.1, -0.05) is 84.9 Å². The van der Waals surface area contributed by atoms with Gasteiger partial charge in [-0.05, 0) is 36.4 Å². The molecule has 1 aromatic rings. The van der Waals surface area contributed by atoms with Gasteiger partial charge in [0.25, 0.3) is 0 Å². The van der Waals surface area contributed by atoms with Gasteiger partial charge in [-0.3, -0.25) is 9.59 Å². The molecule has 3 unspecified atom stereocenters. The van der Waals surface area contributed by atoms with Gasteiger partial charge >= 0.3 is 0 Å². The topological polar surface area (TPSA) is 70.7 Å². The average molecular weight is 474 g/mol. The SMILES string of the molecule is CNC(C(=O)NC(C(=O)N(C)C(/C=C(\C)COC)C(C)C)C(C)(C)C)C(C)(C)c1ccccc1. The van der Waals surface area contributed by atoms with Crippen LogP contribution >= 0.6 is 0 Å². The van der Waals surface area contributed by atoms with Crippen molar-refractivity contribution >= 4 is 11.8 Å². The standard InChI is InChI=1S/C28H47N3O3/c1-19(2)22(17-20(3)18-34-11)31(10)26(33)24(27(4,5)6)30-25(32)23(29-9)28(7,8)21-15-13-12-14-16-21/h12-17,19,22-24,29H,18H2,1-11H3,(H,30,32)/b20-17+. The number of hydrogen-bond acceptors (Lipinski definition) is 4. The third kappa shape index (κ3) is 7.67. The maximum Gasteiger partial charge on any atom is 0.245 e. The van der Waals surface area contributed by atoms with E-state index in [0.717, 1.165) is 11.1 Å². The van der Waals surface area contributed by atoms with Crippen molar-refractivity contribution in [1.29, 1.82) is 0 Å². The van der Waals surface area contributed by atoms with Crippen molar-refractivity contribution in [3.8, 4) is 0 Å². The molecule has 0 aliphatic carbocycles. The summed E-state index contributed by atoms with van der Waals surface area (Å²) in [6.45, 7) is 16.7. The highest BCUT2D eigenvalue weighted by Crippen LogP contribution is 2.29. The van der Waals surface area contributed by atoms with Crippen LogP contribution in [0.4, 0.5) is 0 Å². The van der Waals surface area contributed by atoms with Crippen LogP contribution in [0, 0.1) is 11.3 Å². The normalized spacial score (nSPS) is 15.6. The lowest BCUT2D eigenvalue weighted by Gasteiger charge is -2.40. The van der Waals surface area contributed by atoms with E-state index in [4.69, 9.17) is 4.74 Å². The first-order chi connectivity index (χ1) is 15.7. The molecule has 3 atom stereocenters. The summed E-state index contributed by atoms with van der Waals surface area (Å²) in [5, 5.41) is 6.29. The molecule has 1 rings (SSSR count). The third-order valence-corrected chi connectivity index (χ3v) is 6.50. The molecule has 0 heterocycles. The van der Waals surface area contributed by atoms with Crippen LogP contribution in [0.15, 0.2) is 42.0 Å². The second-order valence-corrected chi connectivity index (χ2v) is 11.2. The summed E-state index contributed by atoms with van der Waals surface area (Å²) in [5.74, 6) is -0.0854. The highest BCUT2D eigenvalue weighted by atomic mass is 16.5. The Hall–Kier alpha value is -2.18. The van der Waals surface area contributed by atoms with Crippen LogP contribution in [0.5, 0.6) is 0 Å². The van der Waals surface area contributed by atoms with E-state index in [0.29, 0.717) is 6.61 Å². The number of nitrogens with one attached hydrogen (secondary N) is 2. The lowest BCUT2D eigenvalue weighted by atomic mass is 9.76. The van der Waals surface area contributed by atoms with E-state index in [9.17, 15) is 9.59 Å². The lowest BCUT2D eigenvalue weighted by Crippen LogP contribution is -2.61. The quantitative estimate of drug-likeness (QED) is 0.474. The van der Waals surface area contributed by atoms with Gasteiger partial charge < -0.3 is 20.3 Å². The van der Waals surface area contributed by atoms with Crippen molar-refractivity contribution in [3.63, 3.8) is 0 Å². The first-order valence-electron chi connectivity index (χ1n) is 12.1. The molecule has 0 radical (unpaired) electrons. The van der Waals surface area contributed by atoms with Crippen molar-refractivity contribution in [2.75, 3.05) is 27.8 Å². The fraction of sp³-hybridized carbons (Fsp3) is 0.643. The molecule has 0 saturated carbocycles. The summed E-state index contributed by atoms with van der Waals surface area (Å²) in [7, 11) is 5.27. The molecule has 0 spiro atoms. The minimum Gasteiger partial charge on any atom is -0.380 e. The smallest absolute Gasteiger partial charge is 0.245 e. The average Bonchev–Trinajstić information content (AvgIpc) is 2.75. The van der Waals surface area contributed by atoms with Gasteiger partial charge in [0.05, 0.1) is 18.7 Å². The molecule has 192 valence electrons. The number of carbonyl (C=O) groups is 2. The predicted octanol–water partition coefficient (Wildman–Crippen LogP) is 4.16. The maximum atomic E-state index is 13.8. The summed E-state index contributed by atoms with van der Waals surface area (Å²) in [6.07, 6.45) is 2.09. The van der Waals surface area contributed by atoms with Crippen LogP contribution in [0.3, 0.4) is 0 Å². The molecular formula is C28H47N3O3. The van der Waals surface area contributed by atoms with Gasteiger partial charge in [0, 0.05) is 19.6 Å². The van der Waals surface area contributed by atoms with Gasteiger partial charge in [-0.2, -0.15) is 0 Å². The van der Waals surface area contributed by atoms with Crippen molar-refractivity contribution in [1.82, 2.24) is 15.5 Å². The molecule has 2 N–H and O–H groups in total. The van der Waals surface area contributed by atoms with E-state index in [1.54, 1.807) is 19.1 Å². The number of rotatable bonds is 11. The molecule has 0 aliphatic heterocycles. The number of methoxy groups -OCH3 is 1. The third-order valence-electron chi connectivity index (χ3n) is 6.50. The Bertz CT molecular complexity index is 825. The second kappa shape index (κ2) is 12.5. The van der Waals surface area contributed by atoms with Crippen LogP contribution in [-0.2, 0) is 19.7 Å². The summed E-state index contributed by atoms with van der Waals surface area (Å²) >= 11 is 0. The molecule has 0 bridgehead atoms. The monoisotopic (exact) mass is 473 g/mol. The fourth-order valence-electron chi connectivity index (χ4n) is 4.40. The summed E-state index contributed by atoms with van der Waals surface area (Å²) in [6, 6.07) is 8.68. The largest absolute Gasteiger partial charge is 0.380 e. The summed E-state index contributed by atoms with van der Waals surface area (Å²) < 4.78 is 5.25. The first-order valence-corrected chi connectivity index (χ1v) is 12.1. The minimum absolute atomic E-state index is 0.103. The van der Waals surface area contributed by atoms with E-state index in [1.807, 2.05) is 78.9 Å². The zero-order chi connectivity index (χ0) is 26.3. The molecule has 34 heavy (non-hydrogen) atoms. The van der Waals surface area contributed by atoms with Crippen LogP contribution in [-0.4, -0.2) is 62.7 Å². The van der Waals surface area contributed by atoms with Gasteiger partial charge in [0.15, 0.2) is 0 Å². The van der Waals surface area contributed by atoms with Crippen LogP contribution in [0.1, 0.15) is 61.0 Å². The van der Waals surface area contributed by atoms with E-state index in [1.165, 1.54) is 0 Å². The molecule has 0 saturated heterocycles. The van der Waals surface area contributed by atoms with E-state index < -0.39 is 22.9 Å². The number of ether oxygens (including phenoxy) is 1. The minimum atomic E-state index is -0.676. The molecule has 0 aliphatic rings. The van der Waals surface area contributed by atoms with Crippen molar-refractivity contribution in [2.24, 2.45) is 11.3 Å². The van der Waals surface area contributed by atoms with E-state index in [2.05, 4.69) is 30.6 Å². The molecule has 6 nitrogen and oxygen atoms in total. The molecule has 6 heteroatoms. The Kier molecular flexibility index (Phi) is 11.0. The van der Waals surface area contributed by atoms with Crippen LogP contribution in [0.25, 0.3) is 0 Å². The molecule has 1 aromatic carbocycles. The Morgan fingerprint density at radius 1 is 1.06 bits per heavy atom. The summed E-state index contributed by atoms with van der Waals surface area (Å²) in [4.78, 5) is 29.1. The van der Waals surface area contributed by atoms with Gasteiger partial charge in [0.2, 0.25) is 11.8 Å². The van der Waals surface area contributed by atoms with Crippen molar-refractivity contribution in [3.05, 3.63) is 47.5 Å². The van der Waals surface area contributed by atoms with Crippen molar-refractivity contribution in [2.45, 2.75) is 78.9 Å². The highest BCUT2D eigenvalue weighted by Gasteiger charge is 2.41. The van der Waals surface area contributed by atoms with Crippen LogP contribution in [0.2, 0.25) is 0 Å². The zero-order valence-corrected chi connectivity index (χ0v) is 23.2. The Labute approximate surface area is 207 Å². The van der Waals surface area contributed by atoms with E-state index >= 15 is 0 Å². The number of hydrogen-bond donors (Lipinski definition) is 2. The zero-order valence-electron chi connectivity index (χ0n) is 23.2.